The van der Waals surface area contributed by atoms with Crippen LogP contribution in [0, 0.1) is 10.1 Å². The minimum atomic E-state index is -1.02. The largest absolute Gasteiger partial charge is 0.507 e. The number of aromatic nitrogens is 1. The van der Waals surface area contributed by atoms with Gasteiger partial charge in [-0.15, -0.1) is 0 Å². The van der Waals surface area contributed by atoms with Gasteiger partial charge in [-0.2, -0.15) is 0 Å². The van der Waals surface area contributed by atoms with E-state index in [1.54, 1.807) is 42.7 Å². The molecule has 0 bridgehead atoms. The number of nitro benzene ring substituents is 1. The normalized spacial score (nSPS) is 17.5. The van der Waals surface area contributed by atoms with Crippen LogP contribution in [-0.2, 0) is 16.1 Å². The second-order valence-electron chi connectivity index (χ2n) is 7.15. The predicted molar refractivity (Wildman–Crippen MR) is 117 cm³/mol. The Kier molecular flexibility index (Phi) is 5.70. The highest BCUT2D eigenvalue weighted by atomic mass is 35.5. The molecule has 2 heterocycles. The number of non-ortho nitro benzene ring substituents is 1. The maximum atomic E-state index is 13.0. The average molecular weight is 450 g/mol. The van der Waals surface area contributed by atoms with Crippen LogP contribution in [0.15, 0.2) is 78.6 Å². The number of aliphatic hydroxyl groups excluding tert-OH is 1. The van der Waals surface area contributed by atoms with Crippen molar-refractivity contribution in [3.8, 4) is 0 Å². The number of rotatable bonds is 5. The van der Waals surface area contributed by atoms with Gasteiger partial charge in [0, 0.05) is 41.7 Å². The number of hydrogen-bond acceptors (Lipinski definition) is 6. The zero-order valence-electron chi connectivity index (χ0n) is 16.5. The summed E-state index contributed by atoms with van der Waals surface area (Å²) in [7, 11) is 0. The van der Waals surface area contributed by atoms with Crippen molar-refractivity contribution in [3.05, 3.63) is 110 Å². The van der Waals surface area contributed by atoms with E-state index in [0.29, 0.717) is 21.7 Å². The Hall–Kier alpha value is -4.04. The van der Waals surface area contributed by atoms with Crippen molar-refractivity contribution < 1.29 is 19.6 Å². The molecular weight excluding hydrogens is 434 g/mol. The summed E-state index contributed by atoms with van der Waals surface area (Å²) >= 11 is 5.92. The first-order valence-corrected chi connectivity index (χ1v) is 9.92. The topological polar surface area (TPSA) is 114 Å². The van der Waals surface area contributed by atoms with Gasteiger partial charge in [0.2, 0.25) is 0 Å². The number of aliphatic hydroxyl groups is 1. The molecule has 1 saturated heterocycles. The molecule has 1 aromatic heterocycles. The first-order valence-electron chi connectivity index (χ1n) is 9.54. The van der Waals surface area contributed by atoms with E-state index < -0.39 is 22.7 Å². The summed E-state index contributed by atoms with van der Waals surface area (Å²) in [5.41, 5.74) is 0.945. The molecule has 1 atom stereocenters. The van der Waals surface area contributed by atoms with E-state index in [-0.39, 0.29) is 23.6 Å². The van der Waals surface area contributed by atoms with E-state index in [1.807, 2.05) is 0 Å². The molecular formula is C23H16ClN3O5. The van der Waals surface area contributed by atoms with E-state index in [2.05, 4.69) is 4.98 Å². The Morgan fingerprint density at radius 1 is 1.12 bits per heavy atom. The molecule has 2 aromatic carbocycles. The van der Waals surface area contributed by atoms with E-state index >= 15 is 0 Å². The van der Waals surface area contributed by atoms with E-state index in [0.717, 1.165) is 0 Å². The Morgan fingerprint density at radius 2 is 1.88 bits per heavy atom. The third kappa shape index (κ3) is 3.95. The van der Waals surface area contributed by atoms with Crippen LogP contribution in [0.3, 0.4) is 0 Å². The molecule has 3 aromatic rings. The summed E-state index contributed by atoms with van der Waals surface area (Å²) in [6, 6.07) is 14.2. The lowest BCUT2D eigenvalue weighted by molar-refractivity contribution is -0.384. The van der Waals surface area contributed by atoms with Crippen LogP contribution < -0.4 is 0 Å². The van der Waals surface area contributed by atoms with Gasteiger partial charge in [0.15, 0.2) is 0 Å². The molecule has 9 heteroatoms. The molecule has 1 aliphatic heterocycles. The van der Waals surface area contributed by atoms with Gasteiger partial charge in [-0.05, 0) is 41.5 Å². The number of hydrogen-bond donors (Lipinski definition) is 1. The number of benzene rings is 2. The second-order valence-corrected chi connectivity index (χ2v) is 7.58. The van der Waals surface area contributed by atoms with Crippen LogP contribution in [0.5, 0.6) is 0 Å². The smallest absolute Gasteiger partial charge is 0.295 e. The molecule has 1 N–H and O–H groups in total. The third-order valence-electron chi connectivity index (χ3n) is 5.13. The van der Waals surface area contributed by atoms with Crippen LogP contribution >= 0.6 is 11.6 Å². The number of Topliss-reactive ketones (excluding diaryl/α,β-unsaturated/α-hetero) is 1. The van der Waals surface area contributed by atoms with Gasteiger partial charge in [0.1, 0.15) is 5.76 Å². The van der Waals surface area contributed by atoms with Crippen LogP contribution in [0.2, 0.25) is 5.02 Å². The summed E-state index contributed by atoms with van der Waals surface area (Å²) in [6.07, 6.45) is 3.14. The summed E-state index contributed by atoms with van der Waals surface area (Å²) in [5, 5.41) is 22.7. The van der Waals surface area contributed by atoms with Gasteiger partial charge in [0.05, 0.1) is 16.5 Å². The highest BCUT2D eigenvalue weighted by molar-refractivity contribution is 6.46. The highest BCUT2D eigenvalue weighted by Gasteiger charge is 2.46. The third-order valence-corrected chi connectivity index (χ3v) is 5.38. The fourth-order valence-corrected chi connectivity index (χ4v) is 3.78. The molecule has 8 nitrogen and oxygen atoms in total. The second kappa shape index (κ2) is 8.60. The summed E-state index contributed by atoms with van der Waals surface area (Å²) in [6.45, 7) is 0.0309. The number of pyridine rings is 1. The maximum absolute atomic E-state index is 13.0. The van der Waals surface area contributed by atoms with Gasteiger partial charge >= 0.3 is 0 Å². The van der Waals surface area contributed by atoms with Crippen LogP contribution in [0.1, 0.15) is 22.7 Å². The van der Waals surface area contributed by atoms with Crippen molar-refractivity contribution in [2.45, 2.75) is 12.6 Å². The lowest BCUT2D eigenvalue weighted by Crippen LogP contribution is -2.29. The van der Waals surface area contributed by atoms with Crippen LogP contribution in [0.25, 0.3) is 5.76 Å². The zero-order valence-corrected chi connectivity index (χ0v) is 17.3. The van der Waals surface area contributed by atoms with Gasteiger partial charge in [-0.1, -0.05) is 29.8 Å². The lowest BCUT2D eigenvalue weighted by atomic mass is 9.95. The molecule has 0 unspecified atom stereocenters. The van der Waals surface area contributed by atoms with Crippen LogP contribution in [-0.4, -0.2) is 31.6 Å². The first-order chi connectivity index (χ1) is 15.4. The van der Waals surface area contributed by atoms with Crippen molar-refractivity contribution in [2.24, 2.45) is 0 Å². The molecule has 0 radical (unpaired) electrons. The zero-order chi connectivity index (χ0) is 22.8. The fraction of sp³-hybridized carbons (Fsp3) is 0.0870. The monoisotopic (exact) mass is 449 g/mol. The van der Waals surface area contributed by atoms with Crippen molar-refractivity contribution in [1.29, 1.82) is 0 Å². The van der Waals surface area contributed by atoms with Crippen molar-refractivity contribution >= 4 is 34.7 Å². The Bertz CT molecular complexity index is 1240. The number of likely N-dealkylation sites (tertiary alicyclic amines) is 1. The quantitative estimate of drug-likeness (QED) is 0.204. The van der Waals surface area contributed by atoms with Gasteiger partial charge in [-0.25, -0.2) is 0 Å². The molecule has 1 aliphatic rings. The van der Waals surface area contributed by atoms with Crippen LogP contribution in [0.4, 0.5) is 5.69 Å². The molecule has 160 valence electrons. The highest BCUT2D eigenvalue weighted by Crippen LogP contribution is 2.41. The Morgan fingerprint density at radius 3 is 2.53 bits per heavy atom. The summed E-state index contributed by atoms with van der Waals surface area (Å²) in [5.74, 6) is -2.08. The van der Waals surface area contributed by atoms with E-state index in [1.165, 1.54) is 35.2 Å². The number of halogens is 1. The summed E-state index contributed by atoms with van der Waals surface area (Å²) in [4.78, 5) is 42.0. The number of nitrogens with zero attached hydrogens (tertiary/aromatic N) is 3. The molecule has 0 saturated carbocycles. The minimum absolute atomic E-state index is 0.0309. The lowest BCUT2D eigenvalue weighted by Gasteiger charge is -2.25. The number of nitro groups is 1. The first kappa shape index (κ1) is 21.2. The number of ketones is 1. The molecule has 1 fully saturated rings. The standard InChI is InChI=1S/C23H16ClN3O5/c24-17-8-6-15(7-9-17)21(28)19-20(16-4-1-5-18(11-16)27(31)32)26(23(30)22(19)29)13-14-3-2-10-25-12-14/h1-12,20,28H,13H2/t20-/m0/s1. The van der Waals surface area contributed by atoms with E-state index in [9.17, 15) is 24.8 Å². The summed E-state index contributed by atoms with van der Waals surface area (Å²) < 4.78 is 0. The number of amides is 1. The predicted octanol–water partition coefficient (Wildman–Crippen LogP) is 4.27. The number of carbonyl (C=O) groups excluding carboxylic acids is 2. The minimum Gasteiger partial charge on any atom is -0.507 e. The molecule has 0 spiro atoms. The molecule has 1 amide bonds. The van der Waals surface area contributed by atoms with Crippen molar-refractivity contribution in [3.63, 3.8) is 0 Å². The van der Waals surface area contributed by atoms with Gasteiger partial charge in [0.25, 0.3) is 17.4 Å². The molecule has 4 rings (SSSR count). The molecule has 32 heavy (non-hydrogen) atoms. The van der Waals surface area contributed by atoms with Crippen molar-refractivity contribution in [2.75, 3.05) is 0 Å². The average Bonchev–Trinajstić information content (AvgIpc) is 3.05. The maximum Gasteiger partial charge on any atom is 0.295 e. The number of carbonyl (C=O) groups is 2. The SMILES string of the molecule is O=C1C(=O)N(Cc2cccnc2)[C@@H](c2cccc([N+](=O)[O-])c2)C1=C(O)c1ccc(Cl)cc1. The van der Waals surface area contributed by atoms with Crippen molar-refractivity contribution in [1.82, 2.24) is 9.88 Å². The Balaban J connectivity index is 1.89. The van der Waals surface area contributed by atoms with Gasteiger partial charge in [-0.3, -0.25) is 24.7 Å². The van der Waals surface area contributed by atoms with E-state index in [4.69, 9.17) is 11.6 Å². The molecule has 0 aliphatic carbocycles. The fourth-order valence-electron chi connectivity index (χ4n) is 3.65. The van der Waals surface area contributed by atoms with Gasteiger partial charge < -0.3 is 10.0 Å². The Labute approximate surface area is 187 Å².